The molecule has 3 rings (SSSR count). The van der Waals surface area contributed by atoms with Crippen molar-refractivity contribution < 1.29 is 14.2 Å². The van der Waals surface area contributed by atoms with Gasteiger partial charge in [-0.05, 0) is 47.8 Å². The molecule has 2 fully saturated rings. The lowest BCUT2D eigenvalue weighted by Crippen LogP contribution is -2.38. The van der Waals surface area contributed by atoms with Crippen LogP contribution in [0.2, 0.25) is 0 Å². The van der Waals surface area contributed by atoms with E-state index in [2.05, 4.69) is 32.3 Å². The minimum Gasteiger partial charge on any atom is -0.335 e. The number of fused-ring (bicyclic) bond motifs is 2. The Balaban J connectivity index is 0.00000187. The number of hydrogen-bond donors (Lipinski definition) is 0. The highest BCUT2D eigenvalue weighted by atomic mass is 16.2. The molecule has 3 amide bonds. The minimum absolute atomic E-state index is 0.126. The number of rotatable bonds is 5. The lowest BCUT2D eigenvalue weighted by atomic mass is 9.65. The van der Waals surface area contributed by atoms with Crippen molar-refractivity contribution in [2.24, 2.45) is 10.8 Å². The Morgan fingerprint density at radius 2 is 1.76 bits per heavy atom. The summed E-state index contributed by atoms with van der Waals surface area (Å²) in [6.45, 7) is 16.0. The molecule has 1 saturated heterocycles. The molecule has 2 atom stereocenters. The summed E-state index contributed by atoms with van der Waals surface area (Å²) in [5, 5.41) is 0. The molecular formula is C27H43N4O2+. The van der Waals surface area contributed by atoms with Crippen LogP contribution in [0.15, 0.2) is 37.0 Å². The number of urea groups is 1. The minimum atomic E-state index is -0.163. The Hall–Kier alpha value is -2.63. The molecule has 6 heteroatoms. The van der Waals surface area contributed by atoms with Crippen LogP contribution in [-0.2, 0) is 6.54 Å². The first kappa shape index (κ1) is 26.6. The summed E-state index contributed by atoms with van der Waals surface area (Å²) < 4.78 is 1.79. The fourth-order valence-corrected chi connectivity index (χ4v) is 5.58. The van der Waals surface area contributed by atoms with Crippen LogP contribution >= 0.6 is 0 Å². The molecule has 1 aliphatic carbocycles. The van der Waals surface area contributed by atoms with Gasteiger partial charge in [0.05, 0.1) is 20.3 Å². The molecule has 1 aromatic carbocycles. The van der Waals surface area contributed by atoms with Gasteiger partial charge in [-0.3, -0.25) is 9.37 Å². The van der Waals surface area contributed by atoms with Gasteiger partial charge in [-0.25, -0.2) is 4.79 Å². The summed E-state index contributed by atoms with van der Waals surface area (Å²) in [6, 6.07) is 7.84. The summed E-state index contributed by atoms with van der Waals surface area (Å²) in [5.74, 6) is 0.126. The number of benzene rings is 1. The van der Waals surface area contributed by atoms with Crippen molar-refractivity contribution in [3.63, 3.8) is 0 Å². The second kappa shape index (κ2) is 10.5. The van der Waals surface area contributed by atoms with E-state index in [0.29, 0.717) is 12.6 Å². The summed E-state index contributed by atoms with van der Waals surface area (Å²) in [5.41, 5.74) is 2.22. The van der Waals surface area contributed by atoms with Crippen molar-refractivity contribution in [3.8, 4) is 0 Å². The second-order valence-corrected chi connectivity index (χ2v) is 10.7. The molecule has 1 aromatic rings. The van der Waals surface area contributed by atoms with Crippen LogP contribution < -0.4 is 0 Å². The van der Waals surface area contributed by atoms with Gasteiger partial charge in [0.1, 0.15) is 0 Å². The average Bonchev–Trinajstić information content (AvgIpc) is 3.01. The highest BCUT2D eigenvalue weighted by molar-refractivity contribution is 5.94. The van der Waals surface area contributed by atoms with E-state index in [-0.39, 0.29) is 22.8 Å². The zero-order chi connectivity index (χ0) is 25.0. The van der Waals surface area contributed by atoms with E-state index < -0.39 is 0 Å². The van der Waals surface area contributed by atoms with Gasteiger partial charge in [0.15, 0.2) is 0 Å². The van der Waals surface area contributed by atoms with Crippen LogP contribution in [0.4, 0.5) is 4.79 Å². The summed E-state index contributed by atoms with van der Waals surface area (Å²) in [7, 11) is 5.47. The van der Waals surface area contributed by atoms with Crippen LogP contribution in [-0.4, -0.2) is 71.3 Å². The number of carbonyl (C=O) groups is 2. The SMILES string of the molecule is C=CN(C=[N+](C)C)C(=O)N(C)Cc1ccc(C(=O)N2CC3(C)CC2CC(C)(C)C3)cc1.CC. The van der Waals surface area contributed by atoms with Crippen LogP contribution in [0.25, 0.3) is 0 Å². The average molecular weight is 456 g/mol. The van der Waals surface area contributed by atoms with Gasteiger partial charge < -0.3 is 9.80 Å². The van der Waals surface area contributed by atoms with Crippen molar-refractivity contribution >= 4 is 18.3 Å². The monoisotopic (exact) mass is 455 g/mol. The third kappa shape index (κ3) is 6.46. The van der Waals surface area contributed by atoms with Gasteiger partial charge in [0.2, 0.25) is 6.34 Å². The smallest absolute Gasteiger partial charge is 0.335 e. The lowest BCUT2D eigenvalue weighted by Gasteiger charge is -2.39. The van der Waals surface area contributed by atoms with Crippen molar-refractivity contribution in [2.45, 2.75) is 66.5 Å². The number of nitrogens with zero attached hydrogens (tertiary/aromatic N) is 4. The number of hydrogen-bond acceptors (Lipinski definition) is 2. The highest BCUT2D eigenvalue weighted by Gasteiger charge is 2.51. The maximum atomic E-state index is 13.3. The third-order valence-electron chi connectivity index (χ3n) is 6.40. The molecule has 2 unspecified atom stereocenters. The summed E-state index contributed by atoms with van der Waals surface area (Å²) in [6.07, 6.45) is 6.53. The molecule has 2 bridgehead atoms. The standard InChI is InChI=1S/C25H37N4O2.C2H6/c1-8-28(18-26(5)6)23(31)27(7)15-19-9-11-20(12-10-19)22(30)29-17-25(4)14-21(29)13-24(2,3)16-25;1-2/h8-12,18,21H,1,13-17H2,2-7H3;1-2H3/q+1;. The Bertz CT molecular complexity index is 886. The largest absolute Gasteiger partial charge is 0.415 e. The zero-order valence-corrected chi connectivity index (χ0v) is 21.9. The van der Waals surface area contributed by atoms with Gasteiger partial charge >= 0.3 is 6.03 Å². The van der Waals surface area contributed by atoms with E-state index in [0.717, 1.165) is 30.5 Å². The molecule has 182 valence electrons. The van der Waals surface area contributed by atoms with E-state index in [4.69, 9.17) is 0 Å². The van der Waals surface area contributed by atoms with Gasteiger partial charge in [0.25, 0.3) is 5.91 Å². The summed E-state index contributed by atoms with van der Waals surface area (Å²) >= 11 is 0. The molecule has 1 aliphatic heterocycles. The van der Waals surface area contributed by atoms with Crippen molar-refractivity contribution in [1.82, 2.24) is 14.7 Å². The van der Waals surface area contributed by atoms with E-state index in [1.165, 1.54) is 17.5 Å². The van der Waals surface area contributed by atoms with Crippen LogP contribution in [0.3, 0.4) is 0 Å². The second-order valence-electron chi connectivity index (χ2n) is 10.7. The molecule has 0 N–H and O–H groups in total. The molecule has 6 nitrogen and oxygen atoms in total. The third-order valence-corrected chi connectivity index (χ3v) is 6.40. The van der Waals surface area contributed by atoms with E-state index in [1.54, 1.807) is 22.9 Å². The Morgan fingerprint density at radius 3 is 2.30 bits per heavy atom. The topological polar surface area (TPSA) is 46.9 Å². The maximum absolute atomic E-state index is 13.3. The van der Waals surface area contributed by atoms with Crippen molar-refractivity contribution in [1.29, 1.82) is 0 Å². The fraction of sp³-hybridized carbons (Fsp3) is 0.593. The van der Waals surface area contributed by atoms with Gasteiger partial charge in [-0.2, -0.15) is 4.90 Å². The quantitative estimate of drug-likeness (QED) is 0.354. The molecule has 33 heavy (non-hydrogen) atoms. The van der Waals surface area contributed by atoms with Crippen molar-refractivity contribution in [2.75, 3.05) is 27.7 Å². The number of carbonyl (C=O) groups excluding carboxylic acids is 2. The van der Waals surface area contributed by atoms with E-state index >= 15 is 0 Å². The normalized spacial score (nSPS) is 22.5. The first-order chi connectivity index (χ1) is 15.4. The Kier molecular flexibility index (Phi) is 8.50. The van der Waals surface area contributed by atoms with Crippen LogP contribution in [0, 0.1) is 10.8 Å². The number of likely N-dealkylation sites (tertiary alicyclic amines) is 1. The predicted molar refractivity (Wildman–Crippen MR) is 135 cm³/mol. The first-order valence-corrected chi connectivity index (χ1v) is 12.0. The van der Waals surface area contributed by atoms with Crippen LogP contribution in [0.5, 0.6) is 0 Å². The Labute approximate surface area is 200 Å². The first-order valence-electron chi connectivity index (χ1n) is 12.0. The van der Waals surface area contributed by atoms with Gasteiger partial charge in [0, 0.05) is 31.7 Å². The predicted octanol–water partition coefficient (Wildman–Crippen LogP) is 5.05. The van der Waals surface area contributed by atoms with E-state index in [9.17, 15) is 9.59 Å². The Morgan fingerprint density at radius 1 is 1.15 bits per heavy atom. The maximum Gasteiger partial charge on any atom is 0.415 e. The summed E-state index contributed by atoms with van der Waals surface area (Å²) in [4.78, 5) is 31.0. The molecule has 0 radical (unpaired) electrons. The lowest BCUT2D eigenvalue weighted by molar-refractivity contribution is -0.463. The zero-order valence-electron chi connectivity index (χ0n) is 21.9. The highest BCUT2D eigenvalue weighted by Crippen LogP contribution is 2.52. The fourth-order valence-electron chi connectivity index (χ4n) is 5.58. The number of amides is 3. The molecule has 1 heterocycles. The molecule has 0 spiro atoms. The molecule has 1 saturated carbocycles. The molecular weight excluding hydrogens is 412 g/mol. The van der Waals surface area contributed by atoms with E-state index in [1.807, 2.05) is 52.2 Å². The molecule has 2 aliphatic rings. The van der Waals surface area contributed by atoms with Gasteiger partial charge in [-0.1, -0.05) is 53.3 Å². The van der Waals surface area contributed by atoms with Crippen molar-refractivity contribution in [3.05, 3.63) is 48.2 Å². The van der Waals surface area contributed by atoms with Gasteiger partial charge in [-0.15, -0.1) is 0 Å². The molecule has 0 aromatic heterocycles. The van der Waals surface area contributed by atoms with Crippen LogP contribution in [0.1, 0.15) is 69.8 Å².